The molecule has 0 atom stereocenters. The summed E-state index contributed by atoms with van der Waals surface area (Å²) in [6, 6.07) is 3.45. The predicted molar refractivity (Wildman–Crippen MR) is 65.8 cm³/mol. The number of rotatable bonds is 4. The minimum absolute atomic E-state index is 0.0326. The van der Waals surface area contributed by atoms with Crippen molar-refractivity contribution in [3.05, 3.63) is 17.7 Å². The fourth-order valence-corrected chi connectivity index (χ4v) is 2.48. The van der Waals surface area contributed by atoms with E-state index >= 15 is 0 Å². The average molecular weight is 237 g/mol. The van der Waals surface area contributed by atoms with Gasteiger partial charge in [-0.1, -0.05) is 6.42 Å². The molecule has 0 aromatic heterocycles. The lowest BCUT2D eigenvalue weighted by molar-refractivity contribution is 0.241. The third-order valence-corrected chi connectivity index (χ3v) is 3.77. The molecule has 1 aliphatic carbocycles. The van der Waals surface area contributed by atoms with Crippen LogP contribution >= 0.6 is 0 Å². The Balaban J connectivity index is 2.49. The normalized spacial score (nSPS) is 17.4. The summed E-state index contributed by atoms with van der Waals surface area (Å²) in [5, 5.41) is 9.87. The molecule has 1 saturated carbocycles. The molecular weight excluding hydrogens is 218 g/mol. The highest BCUT2D eigenvalue weighted by Gasteiger charge is 2.40. The highest BCUT2D eigenvalue weighted by Crippen LogP contribution is 2.49. The molecule has 94 valence electrons. The number of methoxy groups -OCH3 is 2. The minimum Gasteiger partial charge on any atom is -0.504 e. The second-order valence-corrected chi connectivity index (χ2v) is 4.56. The predicted octanol–water partition coefficient (Wildman–Crippen LogP) is 1.79. The van der Waals surface area contributed by atoms with Crippen LogP contribution in [-0.4, -0.2) is 25.9 Å². The first kappa shape index (κ1) is 12.0. The monoisotopic (exact) mass is 237 g/mol. The summed E-state index contributed by atoms with van der Waals surface area (Å²) in [5.74, 6) is 1.31. The van der Waals surface area contributed by atoms with Crippen LogP contribution in [0, 0.1) is 0 Å². The maximum atomic E-state index is 9.87. The Morgan fingerprint density at radius 2 is 1.88 bits per heavy atom. The Kier molecular flexibility index (Phi) is 3.15. The summed E-state index contributed by atoms with van der Waals surface area (Å²) in [5.41, 5.74) is 6.84. The Morgan fingerprint density at radius 1 is 1.24 bits per heavy atom. The van der Waals surface area contributed by atoms with Gasteiger partial charge in [0, 0.05) is 23.6 Å². The number of aromatic hydroxyl groups is 1. The van der Waals surface area contributed by atoms with Crippen LogP contribution in [0.15, 0.2) is 12.1 Å². The molecule has 0 bridgehead atoms. The topological polar surface area (TPSA) is 64.7 Å². The number of ether oxygens (including phenoxy) is 2. The highest BCUT2D eigenvalue weighted by molar-refractivity contribution is 5.53. The van der Waals surface area contributed by atoms with Crippen molar-refractivity contribution in [1.82, 2.24) is 0 Å². The first-order valence-corrected chi connectivity index (χ1v) is 5.82. The van der Waals surface area contributed by atoms with Gasteiger partial charge in [-0.05, 0) is 18.9 Å². The molecule has 3 N–H and O–H groups in total. The highest BCUT2D eigenvalue weighted by atomic mass is 16.5. The summed E-state index contributed by atoms with van der Waals surface area (Å²) in [7, 11) is 3.15. The van der Waals surface area contributed by atoms with E-state index in [1.165, 1.54) is 13.5 Å². The van der Waals surface area contributed by atoms with Crippen molar-refractivity contribution in [3.8, 4) is 17.2 Å². The van der Waals surface area contributed by atoms with Crippen molar-refractivity contribution >= 4 is 0 Å². The molecule has 1 aromatic carbocycles. The van der Waals surface area contributed by atoms with Gasteiger partial charge >= 0.3 is 0 Å². The van der Waals surface area contributed by atoms with Gasteiger partial charge in [-0.15, -0.1) is 0 Å². The molecular formula is C13H19NO3. The van der Waals surface area contributed by atoms with Gasteiger partial charge in [-0.2, -0.15) is 0 Å². The van der Waals surface area contributed by atoms with E-state index in [-0.39, 0.29) is 11.2 Å². The van der Waals surface area contributed by atoms with E-state index in [0.717, 1.165) is 24.2 Å². The van der Waals surface area contributed by atoms with Crippen LogP contribution in [-0.2, 0) is 5.41 Å². The van der Waals surface area contributed by atoms with E-state index in [2.05, 4.69) is 0 Å². The van der Waals surface area contributed by atoms with E-state index in [1.807, 2.05) is 0 Å². The molecule has 4 nitrogen and oxygen atoms in total. The van der Waals surface area contributed by atoms with Gasteiger partial charge in [0.05, 0.1) is 14.2 Å². The van der Waals surface area contributed by atoms with E-state index in [9.17, 15) is 5.11 Å². The smallest absolute Gasteiger partial charge is 0.164 e. The molecule has 0 aliphatic heterocycles. The summed E-state index contributed by atoms with van der Waals surface area (Å²) < 4.78 is 10.5. The number of benzene rings is 1. The summed E-state index contributed by atoms with van der Waals surface area (Å²) in [6.07, 6.45) is 3.27. The fourth-order valence-electron chi connectivity index (χ4n) is 2.48. The van der Waals surface area contributed by atoms with Crippen LogP contribution in [0.4, 0.5) is 0 Å². The maximum absolute atomic E-state index is 9.87. The molecule has 0 unspecified atom stereocenters. The maximum Gasteiger partial charge on any atom is 0.164 e. The average Bonchev–Trinajstić information content (AvgIpc) is 2.29. The van der Waals surface area contributed by atoms with Crippen molar-refractivity contribution in [3.63, 3.8) is 0 Å². The first-order valence-electron chi connectivity index (χ1n) is 5.82. The van der Waals surface area contributed by atoms with Crippen LogP contribution < -0.4 is 15.2 Å². The van der Waals surface area contributed by atoms with Crippen molar-refractivity contribution in [1.29, 1.82) is 0 Å². The van der Waals surface area contributed by atoms with E-state index in [1.54, 1.807) is 19.2 Å². The van der Waals surface area contributed by atoms with Crippen molar-refractivity contribution < 1.29 is 14.6 Å². The third kappa shape index (κ3) is 1.82. The van der Waals surface area contributed by atoms with E-state index in [4.69, 9.17) is 15.2 Å². The summed E-state index contributed by atoms with van der Waals surface area (Å²) >= 11 is 0. The van der Waals surface area contributed by atoms with Gasteiger partial charge in [0.25, 0.3) is 0 Å². The zero-order valence-electron chi connectivity index (χ0n) is 10.3. The van der Waals surface area contributed by atoms with Gasteiger partial charge < -0.3 is 20.3 Å². The molecule has 0 heterocycles. The number of phenolic OH excluding ortho intramolecular Hbond substituents is 1. The van der Waals surface area contributed by atoms with Crippen LogP contribution in [0.5, 0.6) is 17.2 Å². The Labute approximate surface area is 101 Å². The van der Waals surface area contributed by atoms with Gasteiger partial charge in [-0.3, -0.25) is 0 Å². The standard InChI is InChI=1S/C13H19NO3/c1-16-11-7-12(17-2)10(15)6-9(11)13(8-14)4-3-5-13/h6-7,15H,3-5,8,14H2,1-2H3. The molecule has 0 spiro atoms. The quantitative estimate of drug-likeness (QED) is 0.838. The number of phenols is 1. The van der Waals surface area contributed by atoms with Gasteiger partial charge in [-0.25, -0.2) is 0 Å². The van der Waals surface area contributed by atoms with Crippen LogP contribution in [0.2, 0.25) is 0 Å². The van der Waals surface area contributed by atoms with Crippen LogP contribution in [0.25, 0.3) is 0 Å². The largest absolute Gasteiger partial charge is 0.504 e. The number of hydrogen-bond acceptors (Lipinski definition) is 4. The minimum atomic E-state index is -0.0326. The van der Waals surface area contributed by atoms with Crippen molar-refractivity contribution in [2.45, 2.75) is 24.7 Å². The number of nitrogens with two attached hydrogens (primary N) is 1. The number of hydrogen-bond donors (Lipinski definition) is 2. The lowest BCUT2D eigenvalue weighted by atomic mass is 9.64. The lowest BCUT2D eigenvalue weighted by Crippen LogP contribution is -2.41. The Morgan fingerprint density at radius 3 is 2.29 bits per heavy atom. The molecule has 1 aliphatic rings. The van der Waals surface area contributed by atoms with Crippen molar-refractivity contribution in [2.75, 3.05) is 20.8 Å². The zero-order valence-corrected chi connectivity index (χ0v) is 10.3. The first-order chi connectivity index (χ1) is 8.16. The summed E-state index contributed by atoms with van der Waals surface area (Å²) in [6.45, 7) is 0.579. The van der Waals surface area contributed by atoms with Gasteiger partial charge in [0.15, 0.2) is 11.5 Å². The second kappa shape index (κ2) is 4.45. The third-order valence-electron chi connectivity index (χ3n) is 3.77. The van der Waals surface area contributed by atoms with Gasteiger partial charge in [0.2, 0.25) is 0 Å². The fraction of sp³-hybridized carbons (Fsp3) is 0.538. The molecule has 1 aromatic rings. The van der Waals surface area contributed by atoms with Crippen molar-refractivity contribution in [2.24, 2.45) is 5.73 Å². The summed E-state index contributed by atoms with van der Waals surface area (Å²) in [4.78, 5) is 0. The molecule has 0 radical (unpaired) electrons. The molecule has 4 heteroatoms. The molecule has 0 saturated heterocycles. The molecule has 17 heavy (non-hydrogen) atoms. The Bertz CT molecular complexity index is 408. The van der Waals surface area contributed by atoms with Gasteiger partial charge in [0.1, 0.15) is 5.75 Å². The van der Waals surface area contributed by atoms with E-state index < -0.39 is 0 Å². The molecule has 2 rings (SSSR count). The van der Waals surface area contributed by atoms with Crippen LogP contribution in [0.1, 0.15) is 24.8 Å². The molecule has 0 amide bonds. The zero-order chi connectivity index (χ0) is 12.5. The Hall–Kier alpha value is -1.42. The SMILES string of the molecule is COc1cc(OC)c(C2(CN)CCC2)cc1O. The second-order valence-electron chi connectivity index (χ2n) is 4.56. The van der Waals surface area contributed by atoms with E-state index in [0.29, 0.717) is 12.3 Å². The lowest BCUT2D eigenvalue weighted by Gasteiger charge is -2.42. The van der Waals surface area contributed by atoms with Crippen LogP contribution in [0.3, 0.4) is 0 Å². The molecule has 1 fully saturated rings.